The van der Waals surface area contributed by atoms with E-state index in [0.29, 0.717) is 36.2 Å². The molecule has 1 aliphatic rings. The summed E-state index contributed by atoms with van der Waals surface area (Å²) in [4.78, 5) is 23.7. The summed E-state index contributed by atoms with van der Waals surface area (Å²) in [5.74, 6) is 0.854. The van der Waals surface area contributed by atoms with Crippen LogP contribution in [0.3, 0.4) is 0 Å². The van der Waals surface area contributed by atoms with Gasteiger partial charge >= 0.3 is 0 Å². The number of aryl methyl sites for hydroxylation is 1. The van der Waals surface area contributed by atoms with Gasteiger partial charge in [-0.1, -0.05) is 40.6 Å². The van der Waals surface area contributed by atoms with Gasteiger partial charge in [0.1, 0.15) is 10.6 Å². The third kappa shape index (κ3) is 4.05. The molecule has 2 aromatic heterocycles. The molecule has 3 heterocycles. The smallest absolute Gasteiger partial charge is 0.265 e. The lowest BCUT2D eigenvalue weighted by atomic mass is 10.2. The lowest BCUT2D eigenvalue weighted by molar-refractivity contribution is 0.0750. The molecule has 1 aliphatic heterocycles. The van der Waals surface area contributed by atoms with Gasteiger partial charge in [-0.05, 0) is 43.3 Å². The number of aromatic nitrogens is 2. The summed E-state index contributed by atoms with van der Waals surface area (Å²) in [6.07, 6.45) is 1.98. The van der Waals surface area contributed by atoms with E-state index in [4.69, 9.17) is 32.9 Å². The molecule has 6 nitrogen and oxygen atoms in total. The fraction of sp³-hybridized carbons (Fsp3) is 0.250. The van der Waals surface area contributed by atoms with Gasteiger partial charge in [0.05, 0.1) is 28.5 Å². The Kier molecular flexibility index (Phi) is 5.95. The maximum absolute atomic E-state index is 13.3. The molecule has 0 spiro atoms. The lowest BCUT2D eigenvalue weighted by Crippen LogP contribution is -2.48. The van der Waals surface area contributed by atoms with Crippen molar-refractivity contribution in [3.63, 3.8) is 0 Å². The summed E-state index contributed by atoms with van der Waals surface area (Å²) in [6.45, 7) is 4.62. The predicted molar refractivity (Wildman–Crippen MR) is 134 cm³/mol. The number of ether oxygens (including phenoxy) is 1. The zero-order valence-corrected chi connectivity index (χ0v) is 20.5. The van der Waals surface area contributed by atoms with Crippen LogP contribution in [0.2, 0.25) is 10.0 Å². The zero-order chi connectivity index (χ0) is 23.1. The van der Waals surface area contributed by atoms with Gasteiger partial charge in [0.15, 0.2) is 4.96 Å². The molecule has 1 amide bonds. The van der Waals surface area contributed by atoms with Crippen LogP contribution in [0.15, 0.2) is 48.7 Å². The van der Waals surface area contributed by atoms with Crippen LogP contribution in [-0.2, 0) is 0 Å². The minimum absolute atomic E-state index is 0.0471. The van der Waals surface area contributed by atoms with Crippen LogP contribution < -0.4 is 9.64 Å². The fourth-order valence-corrected chi connectivity index (χ4v) is 5.57. The van der Waals surface area contributed by atoms with Crippen molar-refractivity contribution in [1.82, 2.24) is 14.3 Å². The Hall–Kier alpha value is -2.74. The minimum atomic E-state index is 0.0471. The van der Waals surface area contributed by atoms with Gasteiger partial charge in [0.25, 0.3) is 5.91 Å². The van der Waals surface area contributed by atoms with E-state index in [1.807, 2.05) is 58.8 Å². The van der Waals surface area contributed by atoms with Crippen LogP contribution in [-0.4, -0.2) is 53.5 Å². The first-order valence-electron chi connectivity index (χ1n) is 10.6. The number of hydrogen-bond donors (Lipinski definition) is 0. The first-order valence-corrected chi connectivity index (χ1v) is 12.1. The number of carbonyl (C=O) groups excluding carboxylic acids is 1. The number of methoxy groups -OCH3 is 1. The average Bonchev–Trinajstić information content (AvgIpc) is 3.40. The van der Waals surface area contributed by atoms with E-state index < -0.39 is 0 Å². The number of halogens is 2. The minimum Gasteiger partial charge on any atom is -0.497 e. The Labute approximate surface area is 205 Å². The molecule has 33 heavy (non-hydrogen) atoms. The number of imidazole rings is 1. The van der Waals surface area contributed by atoms with Gasteiger partial charge in [-0.2, -0.15) is 0 Å². The topological polar surface area (TPSA) is 50.1 Å². The van der Waals surface area contributed by atoms with E-state index in [1.54, 1.807) is 13.2 Å². The van der Waals surface area contributed by atoms with Crippen molar-refractivity contribution in [2.24, 2.45) is 0 Å². The molecule has 0 radical (unpaired) electrons. The predicted octanol–water partition coefficient (Wildman–Crippen LogP) is 5.65. The molecular formula is C24H22Cl2N4O2S. The quantitative estimate of drug-likeness (QED) is 0.363. The van der Waals surface area contributed by atoms with Gasteiger partial charge < -0.3 is 14.5 Å². The summed E-state index contributed by atoms with van der Waals surface area (Å²) in [6, 6.07) is 13.4. The molecule has 0 aliphatic carbocycles. The number of benzene rings is 2. The van der Waals surface area contributed by atoms with E-state index in [9.17, 15) is 4.79 Å². The number of fused-ring (bicyclic) bond motifs is 1. The molecule has 0 atom stereocenters. The lowest BCUT2D eigenvalue weighted by Gasteiger charge is -2.36. The first-order chi connectivity index (χ1) is 16.0. The summed E-state index contributed by atoms with van der Waals surface area (Å²) < 4.78 is 7.23. The summed E-state index contributed by atoms with van der Waals surface area (Å²) in [5, 5.41) is 1.10. The molecule has 4 aromatic rings. The van der Waals surface area contributed by atoms with Gasteiger partial charge in [-0.25, -0.2) is 4.98 Å². The standard InChI is InChI=1S/C24H22Cl2N4O2S/c1-15-22(33-24-27-19(14-30(15)24)16-6-8-17(32-2)9-7-16)23(31)29-12-10-28(11-13-29)20-5-3-4-18(25)21(20)26/h3-9,14H,10-13H2,1-2H3. The van der Waals surface area contributed by atoms with Crippen molar-refractivity contribution < 1.29 is 9.53 Å². The van der Waals surface area contributed by atoms with Crippen molar-refractivity contribution >= 4 is 51.1 Å². The van der Waals surface area contributed by atoms with Gasteiger partial charge in [0, 0.05) is 43.6 Å². The Morgan fingerprint density at radius 2 is 1.79 bits per heavy atom. The average molecular weight is 501 g/mol. The van der Waals surface area contributed by atoms with Crippen molar-refractivity contribution in [2.45, 2.75) is 6.92 Å². The van der Waals surface area contributed by atoms with E-state index in [2.05, 4.69) is 4.90 Å². The number of amides is 1. The van der Waals surface area contributed by atoms with Crippen LogP contribution in [0.25, 0.3) is 16.2 Å². The molecule has 170 valence electrons. The SMILES string of the molecule is COc1ccc(-c2cn3c(C)c(C(=O)N4CCN(c5cccc(Cl)c5Cl)CC4)sc3n2)cc1. The highest BCUT2D eigenvalue weighted by atomic mass is 35.5. The van der Waals surface area contributed by atoms with Crippen LogP contribution in [0.1, 0.15) is 15.4 Å². The van der Waals surface area contributed by atoms with Crippen molar-refractivity contribution in [3.8, 4) is 17.0 Å². The molecular weight excluding hydrogens is 479 g/mol. The highest BCUT2D eigenvalue weighted by Crippen LogP contribution is 2.33. The van der Waals surface area contributed by atoms with E-state index >= 15 is 0 Å². The number of nitrogens with zero attached hydrogens (tertiary/aromatic N) is 4. The highest BCUT2D eigenvalue weighted by Gasteiger charge is 2.27. The van der Waals surface area contributed by atoms with Crippen molar-refractivity contribution in [3.05, 3.63) is 69.3 Å². The fourth-order valence-electron chi connectivity index (χ4n) is 4.08. The summed E-state index contributed by atoms with van der Waals surface area (Å²) in [5.41, 5.74) is 3.70. The van der Waals surface area contributed by atoms with E-state index in [1.165, 1.54) is 11.3 Å². The summed E-state index contributed by atoms with van der Waals surface area (Å²) in [7, 11) is 1.65. The molecule has 0 N–H and O–H groups in total. The molecule has 1 fully saturated rings. The number of anilines is 1. The Bertz CT molecular complexity index is 1320. The number of thiazole rings is 1. The molecule has 0 bridgehead atoms. The monoisotopic (exact) mass is 500 g/mol. The van der Waals surface area contributed by atoms with Gasteiger partial charge in [-0.3, -0.25) is 9.20 Å². The molecule has 9 heteroatoms. The zero-order valence-electron chi connectivity index (χ0n) is 18.2. The highest BCUT2D eigenvalue weighted by molar-refractivity contribution is 7.19. The van der Waals surface area contributed by atoms with Crippen LogP contribution in [0.4, 0.5) is 5.69 Å². The molecule has 1 saturated heterocycles. The largest absolute Gasteiger partial charge is 0.497 e. The maximum Gasteiger partial charge on any atom is 0.265 e. The van der Waals surface area contributed by atoms with E-state index in [-0.39, 0.29) is 5.91 Å². The van der Waals surface area contributed by atoms with Crippen molar-refractivity contribution in [2.75, 3.05) is 38.2 Å². The third-order valence-electron chi connectivity index (χ3n) is 5.98. The van der Waals surface area contributed by atoms with Crippen LogP contribution in [0, 0.1) is 6.92 Å². The van der Waals surface area contributed by atoms with Gasteiger partial charge in [-0.15, -0.1) is 0 Å². The second-order valence-electron chi connectivity index (χ2n) is 7.88. The number of carbonyl (C=O) groups is 1. The molecule has 2 aromatic carbocycles. The van der Waals surface area contributed by atoms with Gasteiger partial charge in [0.2, 0.25) is 0 Å². The van der Waals surface area contributed by atoms with Crippen molar-refractivity contribution in [1.29, 1.82) is 0 Å². The first kappa shape index (κ1) is 22.1. The molecule has 0 unspecified atom stereocenters. The van der Waals surface area contributed by atoms with E-state index in [0.717, 1.165) is 38.2 Å². The number of rotatable bonds is 4. The number of piperazine rings is 1. The Morgan fingerprint density at radius 3 is 2.45 bits per heavy atom. The Morgan fingerprint density at radius 1 is 1.06 bits per heavy atom. The third-order valence-corrected chi connectivity index (χ3v) is 7.93. The molecule has 5 rings (SSSR count). The second-order valence-corrected chi connectivity index (χ2v) is 9.64. The second kappa shape index (κ2) is 8.89. The summed E-state index contributed by atoms with van der Waals surface area (Å²) >= 11 is 14.0. The molecule has 0 saturated carbocycles. The Balaban J connectivity index is 1.32. The van der Waals surface area contributed by atoms with Crippen LogP contribution in [0.5, 0.6) is 5.75 Å². The maximum atomic E-state index is 13.3. The number of hydrogen-bond acceptors (Lipinski definition) is 5. The van der Waals surface area contributed by atoms with Crippen LogP contribution >= 0.6 is 34.5 Å². The normalized spacial score (nSPS) is 14.2.